The molecule has 2 rings (SSSR count). The molecule has 1 saturated carbocycles. The molecule has 1 aromatic carbocycles. The monoisotopic (exact) mass is 164 g/mol. The molecule has 0 spiro atoms. The third-order valence-corrected chi connectivity index (χ3v) is 2.31. The maximum Gasteiger partial charge on any atom is 0.123 e. The second-order valence-corrected chi connectivity index (χ2v) is 3.19. The van der Waals surface area contributed by atoms with Crippen molar-refractivity contribution in [2.75, 3.05) is 0 Å². The molecule has 0 N–H and O–H groups in total. The summed E-state index contributed by atoms with van der Waals surface area (Å²) in [5.41, 5.74) is 1.08. The van der Waals surface area contributed by atoms with Crippen LogP contribution in [0.1, 0.15) is 17.9 Å². The zero-order chi connectivity index (χ0) is 8.55. The van der Waals surface area contributed by atoms with Gasteiger partial charge in [-0.2, -0.15) is 0 Å². The van der Waals surface area contributed by atoms with Crippen LogP contribution in [0.25, 0.3) is 0 Å². The maximum atomic E-state index is 12.5. The Morgan fingerprint density at radius 2 is 2.00 bits per heavy atom. The summed E-state index contributed by atoms with van der Waals surface area (Å²) in [5.74, 6) is 0.306. The average molecular weight is 164 g/mol. The third kappa shape index (κ3) is 1.24. The second-order valence-electron chi connectivity index (χ2n) is 3.19. The van der Waals surface area contributed by atoms with Crippen molar-refractivity contribution in [3.05, 3.63) is 35.6 Å². The van der Waals surface area contributed by atoms with Crippen LogP contribution in [0.15, 0.2) is 24.3 Å². The number of hydrogen-bond donors (Lipinski definition) is 0. The molecule has 1 fully saturated rings. The van der Waals surface area contributed by atoms with Crippen LogP contribution in [-0.2, 0) is 4.79 Å². The van der Waals surface area contributed by atoms with Gasteiger partial charge in [0.1, 0.15) is 12.1 Å². The molecule has 0 radical (unpaired) electrons. The topological polar surface area (TPSA) is 17.1 Å². The number of carbonyl (C=O) groups is 1. The van der Waals surface area contributed by atoms with Gasteiger partial charge in [0.05, 0.1) is 0 Å². The van der Waals surface area contributed by atoms with Crippen LogP contribution in [0.3, 0.4) is 0 Å². The van der Waals surface area contributed by atoms with Gasteiger partial charge in [-0.25, -0.2) is 4.39 Å². The lowest BCUT2D eigenvalue weighted by Crippen LogP contribution is -1.84. The number of rotatable bonds is 2. The highest BCUT2D eigenvalue weighted by atomic mass is 19.1. The van der Waals surface area contributed by atoms with Crippen molar-refractivity contribution < 1.29 is 9.18 Å². The van der Waals surface area contributed by atoms with E-state index in [2.05, 4.69) is 0 Å². The van der Waals surface area contributed by atoms with Crippen molar-refractivity contribution in [3.8, 4) is 0 Å². The molecular weight excluding hydrogens is 155 g/mol. The van der Waals surface area contributed by atoms with E-state index >= 15 is 0 Å². The van der Waals surface area contributed by atoms with Gasteiger partial charge < -0.3 is 4.79 Å². The van der Waals surface area contributed by atoms with E-state index < -0.39 is 0 Å². The fourth-order valence-corrected chi connectivity index (χ4v) is 1.46. The highest BCUT2D eigenvalue weighted by Crippen LogP contribution is 2.45. The summed E-state index contributed by atoms with van der Waals surface area (Å²) in [6, 6.07) is 6.39. The summed E-state index contributed by atoms with van der Waals surface area (Å²) in [5, 5.41) is 0. The van der Waals surface area contributed by atoms with Crippen molar-refractivity contribution in [1.82, 2.24) is 0 Å². The summed E-state index contributed by atoms with van der Waals surface area (Å²) in [4.78, 5) is 10.3. The predicted molar refractivity (Wildman–Crippen MR) is 43.3 cm³/mol. The van der Waals surface area contributed by atoms with Crippen molar-refractivity contribution >= 4 is 6.29 Å². The first-order valence-corrected chi connectivity index (χ1v) is 4.02. The Morgan fingerprint density at radius 3 is 2.50 bits per heavy atom. The maximum absolute atomic E-state index is 12.5. The fraction of sp³-hybridized carbons (Fsp3) is 0.300. The standard InChI is InChI=1S/C10H9FO/c11-9-3-1-7(2-4-9)10-5-8(10)6-12/h1-4,6,8,10H,5H2/t8-,10?/m0/s1. The van der Waals surface area contributed by atoms with Gasteiger partial charge in [-0.15, -0.1) is 0 Å². The minimum Gasteiger partial charge on any atom is -0.303 e. The van der Waals surface area contributed by atoms with Crippen molar-refractivity contribution in [2.24, 2.45) is 5.92 Å². The molecular formula is C10H9FO. The van der Waals surface area contributed by atoms with Crippen LogP contribution in [0, 0.1) is 11.7 Å². The average Bonchev–Trinajstić information content (AvgIpc) is 2.85. The first-order chi connectivity index (χ1) is 5.81. The van der Waals surface area contributed by atoms with E-state index in [0.717, 1.165) is 18.3 Å². The molecule has 0 saturated heterocycles. The molecule has 0 aliphatic heterocycles. The van der Waals surface area contributed by atoms with Crippen LogP contribution in [0.2, 0.25) is 0 Å². The van der Waals surface area contributed by atoms with Crippen molar-refractivity contribution in [1.29, 1.82) is 0 Å². The summed E-state index contributed by atoms with van der Waals surface area (Å²) in [7, 11) is 0. The van der Waals surface area contributed by atoms with Crippen LogP contribution in [-0.4, -0.2) is 6.29 Å². The van der Waals surface area contributed by atoms with Gasteiger partial charge in [0, 0.05) is 5.92 Å². The van der Waals surface area contributed by atoms with Crippen molar-refractivity contribution in [3.63, 3.8) is 0 Å². The molecule has 0 heterocycles. The molecule has 62 valence electrons. The van der Waals surface area contributed by atoms with Gasteiger partial charge in [0.2, 0.25) is 0 Å². The van der Waals surface area contributed by atoms with Gasteiger partial charge in [0.25, 0.3) is 0 Å². The quantitative estimate of drug-likeness (QED) is 0.612. The molecule has 12 heavy (non-hydrogen) atoms. The normalized spacial score (nSPS) is 26.8. The Kier molecular flexibility index (Phi) is 1.68. The molecule has 1 aromatic rings. The summed E-state index contributed by atoms with van der Waals surface area (Å²) in [6.07, 6.45) is 1.91. The Morgan fingerprint density at radius 1 is 1.33 bits per heavy atom. The minimum absolute atomic E-state index is 0.176. The van der Waals surface area contributed by atoms with Crippen LogP contribution in [0.4, 0.5) is 4.39 Å². The van der Waals surface area contributed by atoms with Crippen molar-refractivity contribution in [2.45, 2.75) is 12.3 Å². The van der Waals surface area contributed by atoms with E-state index in [1.165, 1.54) is 12.1 Å². The number of aldehydes is 1. The number of carbonyl (C=O) groups excluding carboxylic acids is 1. The Hall–Kier alpha value is -1.18. The smallest absolute Gasteiger partial charge is 0.123 e. The SMILES string of the molecule is O=C[C@@H]1CC1c1ccc(F)cc1. The van der Waals surface area contributed by atoms with E-state index in [1.54, 1.807) is 12.1 Å². The lowest BCUT2D eigenvalue weighted by atomic mass is 10.1. The zero-order valence-corrected chi connectivity index (χ0v) is 6.53. The fourth-order valence-electron chi connectivity index (χ4n) is 1.46. The predicted octanol–water partition coefficient (Wildman–Crippen LogP) is 2.13. The van der Waals surface area contributed by atoms with Gasteiger partial charge >= 0.3 is 0 Å². The molecule has 0 amide bonds. The number of benzene rings is 1. The molecule has 1 nitrogen and oxygen atoms in total. The van der Waals surface area contributed by atoms with Crippen LogP contribution < -0.4 is 0 Å². The lowest BCUT2D eigenvalue weighted by molar-refractivity contribution is -0.108. The Labute approximate surface area is 70.2 Å². The van der Waals surface area contributed by atoms with Gasteiger partial charge in [0.15, 0.2) is 0 Å². The number of hydrogen-bond acceptors (Lipinski definition) is 1. The van der Waals surface area contributed by atoms with E-state index in [1.807, 2.05) is 0 Å². The molecule has 1 unspecified atom stereocenters. The van der Waals surface area contributed by atoms with E-state index in [0.29, 0.717) is 5.92 Å². The summed E-state index contributed by atoms with van der Waals surface area (Å²) in [6.45, 7) is 0. The van der Waals surface area contributed by atoms with Gasteiger partial charge in [-0.05, 0) is 30.0 Å². The number of halogens is 1. The highest BCUT2D eigenvalue weighted by Gasteiger charge is 2.37. The molecule has 2 heteroatoms. The second kappa shape index (κ2) is 2.70. The summed E-state index contributed by atoms with van der Waals surface area (Å²) < 4.78 is 12.5. The van der Waals surface area contributed by atoms with Gasteiger partial charge in [-0.3, -0.25) is 0 Å². The molecule has 0 aromatic heterocycles. The van der Waals surface area contributed by atoms with E-state index in [4.69, 9.17) is 0 Å². The van der Waals surface area contributed by atoms with Crippen LogP contribution in [0.5, 0.6) is 0 Å². The first kappa shape index (κ1) is 7.47. The minimum atomic E-state index is -0.220. The van der Waals surface area contributed by atoms with Gasteiger partial charge in [-0.1, -0.05) is 12.1 Å². The van der Waals surface area contributed by atoms with E-state index in [9.17, 15) is 9.18 Å². The summed E-state index contributed by atoms with van der Waals surface area (Å²) >= 11 is 0. The zero-order valence-electron chi connectivity index (χ0n) is 6.53. The molecule has 2 atom stereocenters. The highest BCUT2D eigenvalue weighted by molar-refractivity contribution is 5.61. The van der Waals surface area contributed by atoms with E-state index in [-0.39, 0.29) is 11.7 Å². The first-order valence-electron chi connectivity index (χ1n) is 4.02. The van der Waals surface area contributed by atoms with Crippen LogP contribution >= 0.6 is 0 Å². The Bertz CT molecular complexity index is 291. The largest absolute Gasteiger partial charge is 0.303 e. The molecule has 1 aliphatic rings. The molecule has 0 bridgehead atoms. The molecule has 1 aliphatic carbocycles. The third-order valence-electron chi connectivity index (χ3n) is 2.31. The Balaban J connectivity index is 2.15. The lowest BCUT2D eigenvalue weighted by Gasteiger charge is -1.95.